The van der Waals surface area contributed by atoms with Crippen molar-refractivity contribution in [3.63, 3.8) is 0 Å². The lowest BCUT2D eigenvalue weighted by Crippen LogP contribution is -2.48. The van der Waals surface area contributed by atoms with Crippen LogP contribution in [-0.4, -0.2) is 42.0 Å². The molecular formula is C24H27ClN4O. The first-order valence-electron chi connectivity index (χ1n) is 10.1. The van der Waals surface area contributed by atoms with E-state index in [1.54, 1.807) is 6.20 Å². The Morgan fingerprint density at radius 3 is 2.67 bits per heavy atom. The summed E-state index contributed by atoms with van der Waals surface area (Å²) < 4.78 is 0. The van der Waals surface area contributed by atoms with Gasteiger partial charge in [0.2, 0.25) is 5.91 Å². The summed E-state index contributed by atoms with van der Waals surface area (Å²) in [5.74, 6) is 0.0151. The van der Waals surface area contributed by atoms with Gasteiger partial charge >= 0.3 is 0 Å². The predicted octanol–water partition coefficient (Wildman–Crippen LogP) is 3.68. The zero-order chi connectivity index (χ0) is 19.9. The van der Waals surface area contributed by atoms with E-state index in [1.165, 1.54) is 5.56 Å². The van der Waals surface area contributed by atoms with Crippen LogP contribution in [0.15, 0.2) is 79.1 Å². The van der Waals surface area contributed by atoms with Gasteiger partial charge in [0.05, 0.1) is 6.54 Å². The number of nitrogens with zero attached hydrogens (tertiary/aromatic N) is 2. The number of amides is 1. The fraction of sp³-hybridized carbons (Fsp3) is 0.250. The lowest BCUT2D eigenvalue weighted by molar-refractivity contribution is -0.118. The molecule has 1 aliphatic heterocycles. The highest BCUT2D eigenvalue weighted by atomic mass is 35.5. The second-order valence-corrected chi connectivity index (χ2v) is 7.34. The number of nitrogens with one attached hydrogen (secondary N) is 2. The molecule has 2 N–H and O–H groups in total. The van der Waals surface area contributed by atoms with Gasteiger partial charge in [-0.25, -0.2) is 0 Å². The first-order chi connectivity index (χ1) is 14.3. The molecule has 1 amide bonds. The molecule has 2 aromatic carbocycles. The molecule has 6 heteroatoms. The highest BCUT2D eigenvalue weighted by Crippen LogP contribution is 2.22. The molecule has 1 atom stereocenters. The van der Waals surface area contributed by atoms with Crippen LogP contribution in [0.3, 0.4) is 0 Å². The minimum Gasteiger partial charge on any atom is -0.325 e. The van der Waals surface area contributed by atoms with Crippen LogP contribution in [0.5, 0.6) is 0 Å². The average molecular weight is 423 g/mol. The number of benzene rings is 2. The Morgan fingerprint density at radius 2 is 1.87 bits per heavy atom. The van der Waals surface area contributed by atoms with Crippen molar-refractivity contribution in [3.8, 4) is 0 Å². The number of anilines is 1. The largest absolute Gasteiger partial charge is 0.325 e. The maximum atomic E-state index is 12.9. The van der Waals surface area contributed by atoms with Crippen LogP contribution in [0.2, 0.25) is 0 Å². The average Bonchev–Trinajstić information content (AvgIpc) is 2.77. The number of piperazine rings is 1. The topological polar surface area (TPSA) is 57.3 Å². The van der Waals surface area contributed by atoms with Crippen LogP contribution in [0.4, 0.5) is 5.69 Å². The summed E-state index contributed by atoms with van der Waals surface area (Å²) in [6, 6.07) is 22.5. The molecule has 156 valence electrons. The number of halogens is 1. The number of carbonyl (C=O) groups is 1. The number of pyridine rings is 1. The van der Waals surface area contributed by atoms with E-state index in [0.29, 0.717) is 6.54 Å². The van der Waals surface area contributed by atoms with Gasteiger partial charge < -0.3 is 10.6 Å². The van der Waals surface area contributed by atoms with E-state index in [2.05, 4.69) is 44.8 Å². The predicted molar refractivity (Wildman–Crippen MR) is 123 cm³/mol. The maximum Gasteiger partial charge on any atom is 0.238 e. The summed E-state index contributed by atoms with van der Waals surface area (Å²) in [4.78, 5) is 19.3. The van der Waals surface area contributed by atoms with Crippen molar-refractivity contribution in [2.24, 2.45) is 0 Å². The van der Waals surface area contributed by atoms with Crippen LogP contribution in [0.25, 0.3) is 0 Å². The molecule has 30 heavy (non-hydrogen) atoms. The van der Waals surface area contributed by atoms with Gasteiger partial charge in [-0.3, -0.25) is 14.7 Å². The van der Waals surface area contributed by atoms with Crippen molar-refractivity contribution in [2.45, 2.75) is 12.5 Å². The Hall–Kier alpha value is -2.73. The van der Waals surface area contributed by atoms with Gasteiger partial charge in [-0.15, -0.1) is 12.4 Å². The fourth-order valence-corrected chi connectivity index (χ4v) is 3.82. The quantitative estimate of drug-likeness (QED) is 0.636. The van der Waals surface area contributed by atoms with Crippen molar-refractivity contribution in [3.05, 3.63) is 95.8 Å². The molecule has 1 unspecified atom stereocenters. The Bertz CT molecular complexity index is 936. The Labute approximate surface area is 183 Å². The van der Waals surface area contributed by atoms with Crippen LogP contribution in [0.1, 0.15) is 22.7 Å². The summed E-state index contributed by atoms with van der Waals surface area (Å²) in [7, 11) is 0. The van der Waals surface area contributed by atoms with Crippen molar-refractivity contribution >= 4 is 24.0 Å². The van der Waals surface area contributed by atoms with Crippen molar-refractivity contribution in [1.29, 1.82) is 0 Å². The molecule has 0 spiro atoms. The van der Waals surface area contributed by atoms with E-state index >= 15 is 0 Å². The van der Waals surface area contributed by atoms with Crippen LogP contribution in [0, 0.1) is 0 Å². The standard InChI is InChI=1S/C24H26N4O.ClH/c29-24(18-28-14-13-26-17-23(28)21-10-6-12-25-16-21)27-22-11-5-4-9-20(22)15-19-7-2-1-3-8-19;/h1-12,16,23,26H,13-15,17-18H2,(H,27,29);1H. The van der Waals surface area contributed by atoms with E-state index in [9.17, 15) is 4.79 Å². The Kier molecular flexibility index (Phi) is 7.97. The molecule has 0 saturated carbocycles. The molecule has 0 aliphatic carbocycles. The van der Waals surface area contributed by atoms with Crippen molar-refractivity contribution in [1.82, 2.24) is 15.2 Å². The van der Waals surface area contributed by atoms with Crippen molar-refractivity contribution in [2.75, 3.05) is 31.5 Å². The zero-order valence-electron chi connectivity index (χ0n) is 16.8. The summed E-state index contributed by atoms with van der Waals surface area (Å²) in [5.41, 5.74) is 4.37. The number of carbonyl (C=O) groups excluding carboxylic acids is 1. The molecule has 2 heterocycles. The summed E-state index contributed by atoms with van der Waals surface area (Å²) >= 11 is 0. The molecule has 3 aromatic rings. The molecule has 1 fully saturated rings. The summed E-state index contributed by atoms with van der Waals surface area (Å²) in [6.07, 6.45) is 4.46. The van der Waals surface area contributed by atoms with Crippen LogP contribution < -0.4 is 10.6 Å². The van der Waals surface area contributed by atoms with Gasteiger partial charge in [-0.1, -0.05) is 54.6 Å². The molecule has 4 rings (SSSR count). The zero-order valence-corrected chi connectivity index (χ0v) is 17.6. The van der Waals surface area contributed by atoms with E-state index in [1.807, 2.05) is 48.7 Å². The van der Waals surface area contributed by atoms with E-state index < -0.39 is 0 Å². The maximum absolute atomic E-state index is 12.9. The molecule has 1 aliphatic rings. The van der Waals surface area contributed by atoms with Gasteiger partial charge in [0.1, 0.15) is 0 Å². The minimum atomic E-state index is 0. The third-order valence-corrected chi connectivity index (χ3v) is 5.30. The van der Waals surface area contributed by atoms with Gasteiger partial charge in [0.25, 0.3) is 0 Å². The summed E-state index contributed by atoms with van der Waals surface area (Å²) in [6.45, 7) is 2.90. The highest BCUT2D eigenvalue weighted by molar-refractivity contribution is 5.93. The van der Waals surface area contributed by atoms with Crippen molar-refractivity contribution < 1.29 is 4.79 Å². The van der Waals surface area contributed by atoms with E-state index in [4.69, 9.17) is 0 Å². The van der Waals surface area contributed by atoms with E-state index in [-0.39, 0.29) is 24.4 Å². The number of aromatic nitrogens is 1. The normalized spacial score (nSPS) is 16.5. The second-order valence-electron chi connectivity index (χ2n) is 7.34. The van der Waals surface area contributed by atoms with Gasteiger partial charge in [-0.2, -0.15) is 0 Å². The number of para-hydroxylation sites is 1. The third-order valence-electron chi connectivity index (χ3n) is 5.30. The highest BCUT2D eigenvalue weighted by Gasteiger charge is 2.25. The summed E-state index contributed by atoms with van der Waals surface area (Å²) in [5, 5.41) is 6.55. The Morgan fingerprint density at radius 1 is 1.07 bits per heavy atom. The molecule has 1 saturated heterocycles. The number of rotatable bonds is 6. The van der Waals surface area contributed by atoms with E-state index in [0.717, 1.165) is 42.9 Å². The number of hydrogen-bond donors (Lipinski definition) is 2. The van der Waals surface area contributed by atoms with Gasteiger partial charge in [-0.05, 0) is 35.2 Å². The third kappa shape index (κ3) is 5.66. The monoisotopic (exact) mass is 422 g/mol. The SMILES string of the molecule is Cl.O=C(CN1CCNCC1c1cccnc1)Nc1ccccc1Cc1ccccc1. The fourth-order valence-electron chi connectivity index (χ4n) is 3.82. The smallest absolute Gasteiger partial charge is 0.238 e. The van der Waals surface area contributed by atoms with Gasteiger partial charge in [0, 0.05) is 43.8 Å². The van der Waals surface area contributed by atoms with Gasteiger partial charge in [0.15, 0.2) is 0 Å². The Balaban J connectivity index is 0.00000256. The molecule has 5 nitrogen and oxygen atoms in total. The molecule has 1 aromatic heterocycles. The lowest BCUT2D eigenvalue weighted by atomic mass is 10.0. The molecule has 0 bridgehead atoms. The molecular weight excluding hydrogens is 396 g/mol. The lowest BCUT2D eigenvalue weighted by Gasteiger charge is -2.35. The van der Waals surface area contributed by atoms with Crippen LogP contribution >= 0.6 is 12.4 Å². The first-order valence-corrected chi connectivity index (χ1v) is 10.1. The first kappa shape index (κ1) is 22.0. The van der Waals surface area contributed by atoms with Crippen LogP contribution in [-0.2, 0) is 11.2 Å². The number of hydrogen-bond acceptors (Lipinski definition) is 4. The molecule has 0 radical (unpaired) electrons. The second kappa shape index (κ2) is 10.9. The minimum absolute atomic E-state index is 0.